The molecule has 1 aliphatic heterocycles. The van der Waals surface area contributed by atoms with Gasteiger partial charge in [0.25, 0.3) is 0 Å². The van der Waals surface area contributed by atoms with E-state index in [9.17, 15) is 0 Å². The predicted molar refractivity (Wildman–Crippen MR) is 94.3 cm³/mol. The van der Waals surface area contributed by atoms with E-state index in [1.54, 1.807) is 6.20 Å². The second-order valence-electron chi connectivity index (χ2n) is 5.49. The molecular weight excluding hydrogens is 318 g/mol. The number of nitrogens with one attached hydrogen (secondary N) is 2. The van der Waals surface area contributed by atoms with Gasteiger partial charge in [0.05, 0.1) is 0 Å². The van der Waals surface area contributed by atoms with Crippen molar-refractivity contribution in [2.24, 2.45) is 0 Å². The van der Waals surface area contributed by atoms with E-state index in [4.69, 9.17) is 9.47 Å². The van der Waals surface area contributed by atoms with Crippen LogP contribution in [-0.4, -0.2) is 28.2 Å². The molecule has 0 saturated heterocycles. The molecule has 2 aromatic heterocycles. The number of hydrogen-bond donors (Lipinski definition) is 2. The highest BCUT2D eigenvalue weighted by molar-refractivity contribution is 5.63. The molecule has 7 heteroatoms. The maximum Gasteiger partial charge on any atom is 0.163 e. The molecule has 0 atom stereocenters. The summed E-state index contributed by atoms with van der Waals surface area (Å²) in [5.74, 6) is 2.93. The Kier molecular flexibility index (Phi) is 4.28. The molecule has 7 nitrogen and oxygen atoms in total. The molecule has 4 rings (SSSR count). The van der Waals surface area contributed by atoms with Gasteiger partial charge in [-0.2, -0.15) is 0 Å². The van der Waals surface area contributed by atoms with E-state index in [1.165, 1.54) is 6.33 Å². The van der Waals surface area contributed by atoms with Gasteiger partial charge < -0.3 is 20.1 Å². The van der Waals surface area contributed by atoms with Crippen LogP contribution in [0.3, 0.4) is 0 Å². The van der Waals surface area contributed by atoms with Crippen molar-refractivity contribution in [1.29, 1.82) is 0 Å². The number of anilines is 3. The molecule has 0 amide bonds. The maximum atomic E-state index is 5.60. The zero-order chi connectivity index (χ0) is 16.9. The molecule has 0 fully saturated rings. The Bertz CT molecular complexity index is 857. The van der Waals surface area contributed by atoms with Crippen LogP contribution in [0.25, 0.3) is 0 Å². The highest BCUT2D eigenvalue weighted by Gasteiger charge is 2.12. The summed E-state index contributed by atoms with van der Waals surface area (Å²) in [5.41, 5.74) is 1.96. The number of nitrogens with zero attached hydrogens (tertiary/aromatic N) is 3. The van der Waals surface area contributed by atoms with E-state index in [-0.39, 0.29) is 0 Å². The number of ether oxygens (including phenoxy) is 2. The first-order valence-electron chi connectivity index (χ1n) is 7.98. The number of fused-ring (bicyclic) bond motifs is 1. The highest BCUT2D eigenvalue weighted by atomic mass is 16.6. The van der Waals surface area contributed by atoms with Gasteiger partial charge in [0.15, 0.2) is 11.5 Å². The molecule has 0 bridgehead atoms. The minimum Gasteiger partial charge on any atom is -0.486 e. The van der Waals surface area contributed by atoms with Gasteiger partial charge in [0.2, 0.25) is 0 Å². The first kappa shape index (κ1) is 15.2. The van der Waals surface area contributed by atoms with Crippen LogP contribution >= 0.6 is 0 Å². The molecule has 0 saturated carbocycles. The molecule has 0 aliphatic carbocycles. The Morgan fingerprint density at radius 2 is 1.84 bits per heavy atom. The van der Waals surface area contributed by atoms with Gasteiger partial charge in [-0.25, -0.2) is 9.97 Å². The minimum atomic E-state index is 0.562. The van der Waals surface area contributed by atoms with Gasteiger partial charge in [-0.1, -0.05) is 6.07 Å². The number of rotatable bonds is 5. The zero-order valence-corrected chi connectivity index (χ0v) is 13.5. The fourth-order valence-electron chi connectivity index (χ4n) is 2.49. The number of aromatic nitrogens is 3. The van der Waals surface area contributed by atoms with Gasteiger partial charge in [0.1, 0.15) is 31.2 Å². The van der Waals surface area contributed by atoms with E-state index < -0.39 is 0 Å². The highest BCUT2D eigenvalue weighted by Crippen LogP contribution is 2.33. The SMILES string of the molecule is c1cncc(CNc2cc(Nc3ccc4c(c3)OCCO4)ncn2)c1. The second-order valence-corrected chi connectivity index (χ2v) is 5.49. The normalized spacial score (nSPS) is 12.5. The van der Waals surface area contributed by atoms with E-state index in [0.717, 1.165) is 28.6 Å². The molecule has 126 valence electrons. The van der Waals surface area contributed by atoms with Crippen molar-refractivity contribution in [2.75, 3.05) is 23.8 Å². The van der Waals surface area contributed by atoms with Gasteiger partial charge in [-0.15, -0.1) is 0 Å². The Labute approximate surface area is 145 Å². The Hall–Kier alpha value is -3.35. The lowest BCUT2D eigenvalue weighted by Crippen LogP contribution is -2.15. The van der Waals surface area contributed by atoms with E-state index in [0.29, 0.717) is 25.6 Å². The van der Waals surface area contributed by atoms with Gasteiger partial charge in [0, 0.05) is 36.8 Å². The lowest BCUT2D eigenvalue weighted by atomic mass is 10.2. The van der Waals surface area contributed by atoms with Crippen LogP contribution in [0.2, 0.25) is 0 Å². The van der Waals surface area contributed by atoms with Crippen LogP contribution in [0.1, 0.15) is 5.56 Å². The predicted octanol–water partition coefficient (Wildman–Crippen LogP) is 3.00. The van der Waals surface area contributed by atoms with Crippen LogP contribution in [0, 0.1) is 0 Å². The van der Waals surface area contributed by atoms with E-state index in [1.807, 2.05) is 42.6 Å². The molecule has 25 heavy (non-hydrogen) atoms. The standard InChI is InChI=1S/C18H17N5O2/c1-2-13(10-19-5-1)11-20-17-9-18(22-12-21-17)23-14-3-4-15-16(8-14)25-7-6-24-15/h1-5,8-10,12H,6-7,11H2,(H2,20,21,22,23). The average Bonchev–Trinajstić information content (AvgIpc) is 2.67. The molecule has 0 radical (unpaired) electrons. The van der Waals surface area contributed by atoms with Crippen molar-refractivity contribution >= 4 is 17.3 Å². The monoisotopic (exact) mass is 335 g/mol. The summed E-state index contributed by atoms with van der Waals surface area (Å²) in [4.78, 5) is 12.6. The molecule has 0 spiro atoms. The topological polar surface area (TPSA) is 81.2 Å². The molecular formula is C18H17N5O2. The Balaban J connectivity index is 1.44. The average molecular weight is 335 g/mol. The third kappa shape index (κ3) is 3.77. The Morgan fingerprint density at radius 3 is 2.72 bits per heavy atom. The minimum absolute atomic E-state index is 0.562. The zero-order valence-electron chi connectivity index (χ0n) is 13.5. The molecule has 0 unspecified atom stereocenters. The van der Waals surface area contributed by atoms with Crippen LogP contribution in [0.5, 0.6) is 11.5 Å². The fourth-order valence-corrected chi connectivity index (χ4v) is 2.49. The van der Waals surface area contributed by atoms with Crippen LogP contribution in [-0.2, 0) is 6.54 Å². The number of benzene rings is 1. The summed E-state index contributed by atoms with van der Waals surface area (Å²) in [6.07, 6.45) is 5.10. The molecule has 2 N–H and O–H groups in total. The van der Waals surface area contributed by atoms with E-state index >= 15 is 0 Å². The summed E-state index contributed by atoms with van der Waals surface area (Å²) < 4.78 is 11.1. The summed E-state index contributed by atoms with van der Waals surface area (Å²) >= 11 is 0. The molecule has 1 aliphatic rings. The molecule has 1 aromatic carbocycles. The molecule has 3 aromatic rings. The lowest BCUT2D eigenvalue weighted by molar-refractivity contribution is 0.171. The van der Waals surface area contributed by atoms with Crippen molar-refractivity contribution in [1.82, 2.24) is 15.0 Å². The summed E-state index contributed by atoms with van der Waals surface area (Å²) in [5, 5.41) is 6.51. The largest absolute Gasteiger partial charge is 0.486 e. The molecule has 3 heterocycles. The van der Waals surface area contributed by atoms with Gasteiger partial charge in [-0.05, 0) is 23.8 Å². The van der Waals surface area contributed by atoms with Gasteiger partial charge >= 0.3 is 0 Å². The number of pyridine rings is 1. The van der Waals surface area contributed by atoms with E-state index in [2.05, 4.69) is 25.6 Å². The first-order valence-corrected chi connectivity index (χ1v) is 7.98. The van der Waals surface area contributed by atoms with Crippen molar-refractivity contribution in [2.45, 2.75) is 6.54 Å². The lowest BCUT2D eigenvalue weighted by Gasteiger charge is -2.19. The van der Waals surface area contributed by atoms with Gasteiger partial charge in [-0.3, -0.25) is 4.98 Å². The first-order chi connectivity index (χ1) is 12.4. The quantitative estimate of drug-likeness (QED) is 0.742. The maximum absolute atomic E-state index is 5.60. The van der Waals surface area contributed by atoms with Crippen molar-refractivity contribution in [3.05, 3.63) is 60.7 Å². The number of hydrogen-bond acceptors (Lipinski definition) is 7. The third-order valence-electron chi connectivity index (χ3n) is 3.68. The smallest absolute Gasteiger partial charge is 0.163 e. The van der Waals surface area contributed by atoms with Crippen LogP contribution < -0.4 is 20.1 Å². The Morgan fingerprint density at radius 1 is 0.960 bits per heavy atom. The summed E-state index contributed by atoms with van der Waals surface area (Å²) in [7, 11) is 0. The van der Waals surface area contributed by atoms with Crippen molar-refractivity contribution in [3.8, 4) is 11.5 Å². The van der Waals surface area contributed by atoms with Crippen LogP contribution in [0.15, 0.2) is 55.1 Å². The summed E-state index contributed by atoms with van der Waals surface area (Å²) in [6.45, 7) is 1.79. The fraction of sp³-hybridized carbons (Fsp3) is 0.167. The van der Waals surface area contributed by atoms with Crippen molar-refractivity contribution in [3.63, 3.8) is 0 Å². The van der Waals surface area contributed by atoms with Crippen LogP contribution in [0.4, 0.5) is 17.3 Å². The van der Waals surface area contributed by atoms with Crippen molar-refractivity contribution < 1.29 is 9.47 Å². The third-order valence-corrected chi connectivity index (χ3v) is 3.68. The summed E-state index contributed by atoms with van der Waals surface area (Å²) in [6, 6.07) is 11.5. The second kappa shape index (κ2) is 7.04.